The molecule has 0 saturated carbocycles. The summed E-state index contributed by atoms with van der Waals surface area (Å²) in [5, 5.41) is 0. The predicted octanol–water partition coefficient (Wildman–Crippen LogP) is 1.48. The molecule has 0 aliphatic heterocycles. The Kier molecular flexibility index (Phi) is 7.40. The molecule has 0 rings (SSSR count). The fourth-order valence-corrected chi connectivity index (χ4v) is 2.09. The Morgan fingerprint density at radius 2 is 1.85 bits per heavy atom. The Bertz CT molecular complexity index is 436. The Morgan fingerprint density at radius 1 is 1.30 bits per heavy atom. The third-order valence-electron chi connectivity index (χ3n) is 2.72. The summed E-state index contributed by atoms with van der Waals surface area (Å²) >= 11 is 0. The Labute approximate surface area is 121 Å². The molecular weight excluding hydrogens is 282 g/mol. The van der Waals surface area contributed by atoms with Gasteiger partial charge in [-0.3, -0.25) is 9.45 Å². The highest BCUT2D eigenvalue weighted by molar-refractivity contribution is 7.85. The standard InChI is InChI=1S/C13H25NO5S/c1-11(2)12(15)19-9-8-14(13(3,4)5)7-6-10-20(16,17)18/h1,6-10H2,2-5H3,(H,16,17,18). The molecule has 0 aromatic carbocycles. The molecule has 0 radical (unpaired) electrons. The first-order valence-electron chi connectivity index (χ1n) is 6.46. The summed E-state index contributed by atoms with van der Waals surface area (Å²) < 4.78 is 35.1. The van der Waals surface area contributed by atoms with Gasteiger partial charge in [0.1, 0.15) is 6.61 Å². The normalized spacial score (nSPS) is 12.5. The van der Waals surface area contributed by atoms with Crippen LogP contribution in [0.4, 0.5) is 0 Å². The van der Waals surface area contributed by atoms with E-state index in [0.29, 0.717) is 25.1 Å². The van der Waals surface area contributed by atoms with Crippen LogP contribution < -0.4 is 0 Å². The van der Waals surface area contributed by atoms with Crippen LogP contribution in [0.2, 0.25) is 0 Å². The van der Waals surface area contributed by atoms with Crippen molar-refractivity contribution in [2.45, 2.75) is 39.7 Å². The molecule has 0 unspecified atom stereocenters. The number of hydrogen-bond acceptors (Lipinski definition) is 5. The molecule has 0 spiro atoms. The van der Waals surface area contributed by atoms with Crippen molar-refractivity contribution >= 4 is 16.1 Å². The van der Waals surface area contributed by atoms with Gasteiger partial charge in [-0.25, -0.2) is 4.79 Å². The zero-order valence-electron chi connectivity index (χ0n) is 12.7. The van der Waals surface area contributed by atoms with Crippen molar-refractivity contribution in [3.8, 4) is 0 Å². The SMILES string of the molecule is C=C(C)C(=O)OCCN(CCCS(=O)(=O)O)C(C)(C)C. The topological polar surface area (TPSA) is 83.9 Å². The first-order chi connectivity index (χ1) is 8.93. The van der Waals surface area contributed by atoms with Crippen LogP contribution in [-0.2, 0) is 19.6 Å². The van der Waals surface area contributed by atoms with Gasteiger partial charge >= 0.3 is 5.97 Å². The first kappa shape index (κ1) is 19.1. The molecule has 0 aromatic heterocycles. The molecule has 0 heterocycles. The van der Waals surface area contributed by atoms with E-state index in [-0.39, 0.29) is 17.9 Å². The second-order valence-electron chi connectivity index (χ2n) is 5.71. The van der Waals surface area contributed by atoms with Crippen LogP contribution in [0.1, 0.15) is 34.1 Å². The van der Waals surface area contributed by atoms with E-state index in [1.165, 1.54) is 0 Å². The first-order valence-corrected chi connectivity index (χ1v) is 8.07. The lowest BCUT2D eigenvalue weighted by atomic mass is 10.1. The Hall–Kier alpha value is -0.920. The van der Waals surface area contributed by atoms with Crippen molar-refractivity contribution in [3.63, 3.8) is 0 Å². The summed E-state index contributed by atoms with van der Waals surface area (Å²) in [6, 6.07) is 0. The van der Waals surface area contributed by atoms with Gasteiger partial charge in [-0.05, 0) is 40.7 Å². The van der Waals surface area contributed by atoms with Crippen molar-refractivity contribution in [3.05, 3.63) is 12.2 Å². The van der Waals surface area contributed by atoms with E-state index in [2.05, 4.69) is 6.58 Å². The van der Waals surface area contributed by atoms with Crippen LogP contribution >= 0.6 is 0 Å². The molecule has 1 N–H and O–H groups in total. The average molecular weight is 307 g/mol. The smallest absolute Gasteiger partial charge is 0.333 e. The molecule has 0 amide bonds. The van der Waals surface area contributed by atoms with Gasteiger partial charge in [0.15, 0.2) is 0 Å². The monoisotopic (exact) mass is 307 g/mol. The van der Waals surface area contributed by atoms with Crippen molar-refractivity contribution in [1.82, 2.24) is 4.90 Å². The van der Waals surface area contributed by atoms with E-state index in [9.17, 15) is 13.2 Å². The molecule has 0 aliphatic rings. The van der Waals surface area contributed by atoms with Crippen LogP contribution in [0.3, 0.4) is 0 Å². The predicted molar refractivity (Wildman–Crippen MR) is 78.1 cm³/mol. The minimum Gasteiger partial charge on any atom is -0.461 e. The fourth-order valence-electron chi connectivity index (χ4n) is 1.59. The van der Waals surface area contributed by atoms with Gasteiger partial charge in [0, 0.05) is 17.7 Å². The van der Waals surface area contributed by atoms with Crippen molar-refractivity contribution in [2.75, 3.05) is 25.4 Å². The van der Waals surface area contributed by atoms with Crippen LogP contribution in [0.25, 0.3) is 0 Å². The Balaban J connectivity index is 4.31. The van der Waals surface area contributed by atoms with Gasteiger partial charge in [-0.1, -0.05) is 6.58 Å². The van der Waals surface area contributed by atoms with E-state index in [0.717, 1.165) is 0 Å². The van der Waals surface area contributed by atoms with Gasteiger partial charge in [0.05, 0.1) is 5.75 Å². The van der Waals surface area contributed by atoms with Gasteiger partial charge in [0.25, 0.3) is 10.1 Å². The van der Waals surface area contributed by atoms with E-state index in [4.69, 9.17) is 9.29 Å². The average Bonchev–Trinajstić information content (AvgIpc) is 2.23. The van der Waals surface area contributed by atoms with Gasteiger partial charge < -0.3 is 4.74 Å². The number of carbonyl (C=O) groups excluding carboxylic acids is 1. The maximum absolute atomic E-state index is 11.3. The zero-order chi connectivity index (χ0) is 16.0. The molecule has 6 nitrogen and oxygen atoms in total. The number of ether oxygens (including phenoxy) is 1. The van der Waals surface area contributed by atoms with Gasteiger partial charge in [0.2, 0.25) is 0 Å². The van der Waals surface area contributed by atoms with Gasteiger partial charge in [-0.2, -0.15) is 8.42 Å². The molecule has 118 valence electrons. The maximum Gasteiger partial charge on any atom is 0.333 e. The minimum absolute atomic E-state index is 0.186. The number of rotatable bonds is 8. The second kappa shape index (κ2) is 7.75. The minimum atomic E-state index is -3.93. The summed E-state index contributed by atoms with van der Waals surface area (Å²) in [6.45, 7) is 12.2. The number of hydrogen-bond donors (Lipinski definition) is 1. The second-order valence-corrected chi connectivity index (χ2v) is 7.29. The summed E-state index contributed by atoms with van der Waals surface area (Å²) in [5.74, 6) is -0.706. The largest absolute Gasteiger partial charge is 0.461 e. The molecule has 0 aliphatic carbocycles. The van der Waals surface area contributed by atoms with E-state index in [1.807, 2.05) is 25.7 Å². The molecule has 0 bridgehead atoms. The molecule has 20 heavy (non-hydrogen) atoms. The van der Waals surface area contributed by atoms with Crippen LogP contribution in [0.5, 0.6) is 0 Å². The lowest BCUT2D eigenvalue weighted by Gasteiger charge is -2.35. The number of nitrogens with zero attached hydrogens (tertiary/aromatic N) is 1. The van der Waals surface area contributed by atoms with Crippen LogP contribution in [0.15, 0.2) is 12.2 Å². The molecule has 0 fully saturated rings. The van der Waals surface area contributed by atoms with E-state index >= 15 is 0 Å². The summed E-state index contributed by atoms with van der Waals surface area (Å²) in [7, 11) is -3.93. The van der Waals surface area contributed by atoms with Crippen molar-refractivity contribution in [2.24, 2.45) is 0 Å². The lowest BCUT2D eigenvalue weighted by molar-refractivity contribution is -0.139. The van der Waals surface area contributed by atoms with Crippen molar-refractivity contribution < 1.29 is 22.5 Å². The van der Waals surface area contributed by atoms with E-state index < -0.39 is 16.1 Å². The molecular formula is C13H25NO5S. The third-order valence-corrected chi connectivity index (χ3v) is 3.53. The number of esters is 1. The molecule has 7 heteroatoms. The highest BCUT2D eigenvalue weighted by atomic mass is 32.2. The van der Waals surface area contributed by atoms with Gasteiger partial charge in [-0.15, -0.1) is 0 Å². The fraction of sp³-hybridized carbons (Fsp3) is 0.769. The summed E-state index contributed by atoms with van der Waals surface area (Å²) in [6.07, 6.45) is 0.324. The van der Waals surface area contributed by atoms with Crippen molar-refractivity contribution in [1.29, 1.82) is 0 Å². The molecule has 0 atom stereocenters. The highest BCUT2D eigenvalue weighted by Crippen LogP contribution is 2.13. The highest BCUT2D eigenvalue weighted by Gasteiger charge is 2.21. The summed E-state index contributed by atoms with van der Waals surface area (Å²) in [5.41, 5.74) is 0.160. The quantitative estimate of drug-likeness (QED) is 0.415. The Morgan fingerprint density at radius 3 is 2.25 bits per heavy atom. The molecule has 0 aromatic rings. The van der Waals surface area contributed by atoms with E-state index in [1.54, 1.807) is 6.92 Å². The van der Waals surface area contributed by atoms with Crippen LogP contribution in [0, 0.1) is 0 Å². The number of carbonyl (C=O) groups is 1. The zero-order valence-corrected chi connectivity index (χ0v) is 13.5. The van der Waals surface area contributed by atoms with Crippen LogP contribution in [-0.4, -0.2) is 54.8 Å². The molecule has 0 saturated heterocycles. The summed E-state index contributed by atoms with van der Waals surface area (Å²) in [4.78, 5) is 13.3. The lowest BCUT2D eigenvalue weighted by Crippen LogP contribution is -2.44. The maximum atomic E-state index is 11.3. The third kappa shape index (κ3) is 9.06.